The van der Waals surface area contributed by atoms with Crippen molar-refractivity contribution in [1.29, 1.82) is 0 Å². The van der Waals surface area contributed by atoms with Gasteiger partial charge in [0.1, 0.15) is 43.3 Å². The highest BCUT2D eigenvalue weighted by atomic mass is 16.7. The van der Waals surface area contributed by atoms with Crippen molar-refractivity contribution in [2.75, 3.05) is 25.0 Å². The minimum atomic E-state index is -1.98. The molecule has 23 nitrogen and oxygen atoms in total. The number of ketones is 2. The van der Waals surface area contributed by atoms with E-state index in [2.05, 4.69) is 40.3 Å². The lowest BCUT2D eigenvalue weighted by Gasteiger charge is -2.59. The molecule has 2 aromatic rings. The molecule has 4 amide bonds. The van der Waals surface area contributed by atoms with Crippen LogP contribution in [0.3, 0.4) is 0 Å². The van der Waals surface area contributed by atoms with E-state index in [-0.39, 0.29) is 66.4 Å². The third kappa shape index (κ3) is 11.9. The van der Waals surface area contributed by atoms with Gasteiger partial charge in [0.05, 0.1) is 17.9 Å². The predicted molar refractivity (Wildman–Crippen MR) is 301 cm³/mol. The molecule has 6 saturated carbocycles. The van der Waals surface area contributed by atoms with Crippen LogP contribution < -0.4 is 31.7 Å². The Hall–Kier alpha value is -6.15. The number of nitrogens with two attached hydrogens (primary N) is 1. The summed E-state index contributed by atoms with van der Waals surface area (Å²) in [5.74, 6) is -3.88. The first kappa shape index (κ1) is 61.9. The van der Waals surface area contributed by atoms with Gasteiger partial charge >= 0.3 is 12.1 Å². The Balaban J connectivity index is 0.741. The summed E-state index contributed by atoms with van der Waals surface area (Å²) >= 11 is 0. The second kappa shape index (κ2) is 24.6. The number of alkyl carbamates (subject to hydrolysis) is 1. The zero-order valence-corrected chi connectivity index (χ0v) is 48.3. The van der Waals surface area contributed by atoms with Gasteiger partial charge in [-0.1, -0.05) is 55.8 Å². The molecule has 8 fully saturated rings. The molecule has 12 N–H and O–H groups in total. The number of carbonyl (C=O) groups is 7. The number of unbranched alkanes of at least 4 members (excludes halogenated alkanes) is 1. The topological polar surface area (TPSA) is 361 Å². The van der Waals surface area contributed by atoms with Crippen LogP contribution >= 0.6 is 0 Å². The zero-order chi connectivity index (χ0) is 60.8. The molecule has 462 valence electrons. The summed E-state index contributed by atoms with van der Waals surface area (Å²) < 4.78 is 30.4. The molecule has 2 bridgehead atoms. The van der Waals surface area contributed by atoms with Gasteiger partial charge in [-0.05, 0) is 149 Å². The smallest absolute Gasteiger partial charge is 0.407 e. The fourth-order valence-corrected chi connectivity index (χ4v) is 16.0. The van der Waals surface area contributed by atoms with Crippen LogP contribution in [-0.2, 0) is 60.7 Å². The summed E-state index contributed by atoms with van der Waals surface area (Å²) in [6.07, 6.45) is 1.94. The van der Waals surface area contributed by atoms with Crippen LogP contribution in [0.15, 0.2) is 66.3 Å². The molecule has 2 heterocycles. The first-order chi connectivity index (χ1) is 40.5. The number of nitrogens with one attached hydrogen (secondary N) is 4. The highest BCUT2D eigenvalue weighted by Crippen LogP contribution is 2.70. The lowest BCUT2D eigenvalue weighted by Crippen LogP contribution is -2.63. The second-order valence-electron chi connectivity index (χ2n) is 25.5. The molecule has 2 saturated heterocycles. The van der Waals surface area contributed by atoms with Gasteiger partial charge < -0.3 is 81.3 Å². The maximum absolute atomic E-state index is 14.1. The monoisotopic (exact) mass is 1180 g/mol. The number of hydrogen-bond acceptors (Lipinski definition) is 18. The minimum absolute atomic E-state index is 0.00372. The van der Waals surface area contributed by atoms with E-state index in [9.17, 15) is 64.2 Å². The zero-order valence-electron chi connectivity index (χ0n) is 48.3. The number of ether oxygens (including phenoxy) is 5. The largest absolute Gasteiger partial charge is 0.479 e. The summed E-state index contributed by atoms with van der Waals surface area (Å²) in [6.45, 7) is 4.72. The third-order valence-corrected chi connectivity index (χ3v) is 20.4. The Morgan fingerprint density at radius 2 is 1.61 bits per heavy atom. The quantitative estimate of drug-likeness (QED) is 0.0799. The molecule has 11 rings (SSSR count). The highest BCUT2D eigenvalue weighted by Gasteiger charge is 2.76. The van der Waals surface area contributed by atoms with Crippen molar-refractivity contribution >= 4 is 47.0 Å². The molecule has 23 heteroatoms. The lowest BCUT2D eigenvalue weighted by atomic mass is 9.46. The molecule has 0 spiro atoms. The van der Waals surface area contributed by atoms with E-state index >= 15 is 0 Å². The van der Waals surface area contributed by atoms with Crippen LogP contribution in [0, 0.1) is 34.0 Å². The fraction of sp³-hybridized carbons (Fsp3) is 0.629. The van der Waals surface area contributed by atoms with Crippen LogP contribution in [0.4, 0.5) is 10.5 Å². The molecular formula is C62H81N5O18. The van der Waals surface area contributed by atoms with E-state index in [0.717, 1.165) is 74.5 Å². The number of aliphatic hydroxyl groups excluding tert-OH is 5. The number of carboxylic acids is 1. The van der Waals surface area contributed by atoms with Crippen LogP contribution in [0.25, 0.3) is 0 Å². The van der Waals surface area contributed by atoms with Crippen molar-refractivity contribution in [3.05, 3.63) is 83.0 Å². The molecule has 2 aliphatic heterocycles. The SMILES string of the molecule is CC(=O)N[C@@H](CCCCN)C(=O)NCCC(=O)Nc1cc(COC(=O)NC23CCC(Cc4ccc([C@@H]5O[C@@H]6C[C@H]7[C@@H]8CCC9=CC(=O)C=C[C@]9(C)[C@H]8[C@@H](O)C[C@]7(C)[C@]6(C(=O)CO)O5)cc4)(CC2)CC3)ccc1O[C@@H]1O[C@H](C(=O)O)[C@@H](O)[C@H](O)[C@H]1O. The Morgan fingerprint density at radius 3 is 2.29 bits per heavy atom. The average molecular weight is 1180 g/mol. The van der Waals surface area contributed by atoms with E-state index in [0.29, 0.717) is 37.8 Å². The number of aliphatic hydroxyl groups is 5. The van der Waals surface area contributed by atoms with Gasteiger partial charge in [0.15, 0.2) is 29.6 Å². The van der Waals surface area contributed by atoms with E-state index in [4.69, 9.17) is 29.4 Å². The summed E-state index contributed by atoms with van der Waals surface area (Å²) in [4.78, 5) is 90.0. The maximum Gasteiger partial charge on any atom is 0.407 e. The van der Waals surface area contributed by atoms with E-state index in [1.165, 1.54) is 25.1 Å². The third-order valence-electron chi connectivity index (χ3n) is 20.4. The number of allylic oxidation sites excluding steroid dienone is 4. The predicted octanol–water partition coefficient (Wildman–Crippen LogP) is 3.20. The molecule has 2 aromatic carbocycles. The van der Waals surface area contributed by atoms with E-state index in [1.807, 2.05) is 25.1 Å². The van der Waals surface area contributed by atoms with E-state index in [1.54, 1.807) is 12.2 Å². The van der Waals surface area contributed by atoms with Crippen molar-refractivity contribution in [2.45, 2.75) is 190 Å². The first-order valence-electron chi connectivity index (χ1n) is 29.9. The normalized spacial score (nSPS) is 36.3. The highest BCUT2D eigenvalue weighted by molar-refractivity contribution is 6.01. The van der Waals surface area contributed by atoms with E-state index < -0.39 is 119 Å². The number of aliphatic carboxylic acids is 1. The van der Waals surface area contributed by atoms with Crippen LogP contribution in [0.5, 0.6) is 5.75 Å². The van der Waals surface area contributed by atoms with Crippen LogP contribution in [0.1, 0.15) is 134 Å². The summed E-state index contributed by atoms with van der Waals surface area (Å²) in [5.41, 5.74) is 5.63. The number of fused-ring (bicyclic) bond motifs is 10. The fourth-order valence-electron chi connectivity index (χ4n) is 16.0. The summed E-state index contributed by atoms with van der Waals surface area (Å²) in [7, 11) is 0. The molecule has 15 atom stereocenters. The number of anilines is 1. The molecular weight excluding hydrogens is 1100 g/mol. The summed E-state index contributed by atoms with van der Waals surface area (Å²) in [5, 5.41) is 74.6. The van der Waals surface area contributed by atoms with Gasteiger partial charge in [0, 0.05) is 47.7 Å². The number of hydrogen-bond donors (Lipinski definition) is 11. The van der Waals surface area contributed by atoms with Crippen molar-refractivity contribution in [2.24, 2.45) is 39.7 Å². The number of rotatable bonds is 21. The Kier molecular flexibility index (Phi) is 17.9. The molecule has 85 heavy (non-hydrogen) atoms. The van der Waals surface area contributed by atoms with Gasteiger partial charge in [-0.15, -0.1) is 0 Å². The standard InChI is InChI=1S/C62H81N5O18/c1-33(69)65-41(6-4-5-24-63)53(77)64-25-16-47(73)66-42-26-35(9-14-44(42)82-56-51(76)49(74)50(75)52(84-56)54(78)79)32-81-57(80)67-61-21-18-60(19-22-61,20-23-61)29-34-7-10-36(11-8-34)55-83-46-28-40-39-13-12-37-27-38(70)15-17-58(37,2)48(39)43(71)30-59(40,3)62(46,85-55)45(72)31-68/h7-11,14-15,17,26-27,39-41,43,46,48-52,55-56,68,71,74-76H,4-6,12-13,16,18-25,28-32,63H2,1-3H3,(H,64,77)(H,65,69)(H,66,73)(H,67,80)(H,78,79)/t39-,40-,41-,43-,46+,48+,49-,50-,51+,52-,55+,56+,58-,59-,60?,61?,62+/m0/s1. The first-order valence-corrected chi connectivity index (χ1v) is 29.9. The molecule has 0 unspecified atom stereocenters. The van der Waals surface area contributed by atoms with Crippen molar-refractivity contribution < 1.29 is 87.9 Å². The number of carbonyl (C=O) groups excluding carboxylic acids is 6. The van der Waals surface area contributed by atoms with Crippen molar-refractivity contribution in [1.82, 2.24) is 16.0 Å². The number of amides is 4. The van der Waals surface area contributed by atoms with Crippen molar-refractivity contribution in [3.8, 4) is 5.75 Å². The number of Topliss-reactive ketones (excluding diaryl/α,β-unsaturated/α-hetero) is 1. The lowest BCUT2D eigenvalue weighted by molar-refractivity contribution is -0.271. The van der Waals surface area contributed by atoms with Gasteiger partial charge in [-0.3, -0.25) is 24.0 Å². The Bertz CT molecular complexity index is 2950. The average Bonchev–Trinajstić information content (AvgIpc) is 1.57. The molecule has 0 aromatic heterocycles. The van der Waals surface area contributed by atoms with Crippen molar-refractivity contribution in [3.63, 3.8) is 0 Å². The maximum atomic E-state index is 14.1. The molecule has 0 radical (unpaired) electrons. The number of carboxylic acid groups (broad SMARTS) is 1. The van der Waals surface area contributed by atoms with Gasteiger partial charge in [0.25, 0.3) is 0 Å². The molecule has 9 aliphatic rings. The Labute approximate surface area is 492 Å². The van der Waals surface area contributed by atoms with Gasteiger partial charge in [-0.2, -0.15) is 0 Å². The second-order valence-corrected chi connectivity index (χ2v) is 25.5. The minimum Gasteiger partial charge on any atom is -0.479 e. The summed E-state index contributed by atoms with van der Waals surface area (Å²) in [6, 6.07) is 11.5. The van der Waals surface area contributed by atoms with Crippen LogP contribution in [-0.4, -0.2) is 152 Å². The van der Waals surface area contributed by atoms with Gasteiger partial charge in [0.2, 0.25) is 24.0 Å². The number of benzene rings is 2. The Morgan fingerprint density at radius 1 is 0.894 bits per heavy atom. The molecule has 7 aliphatic carbocycles. The van der Waals surface area contributed by atoms with Gasteiger partial charge in [-0.25, -0.2) is 9.59 Å². The van der Waals surface area contributed by atoms with Crippen LogP contribution in [0.2, 0.25) is 0 Å².